The van der Waals surface area contributed by atoms with Crippen molar-refractivity contribution in [2.75, 3.05) is 12.4 Å². The molecule has 25 heavy (non-hydrogen) atoms. The van der Waals surface area contributed by atoms with Gasteiger partial charge in [-0.05, 0) is 54.1 Å². The molecule has 0 radical (unpaired) electrons. The van der Waals surface area contributed by atoms with Crippen LogP contribution in [0.15, 0.2) is 73.1 Å². The Labute approximate surface area is 145 Å². The van der Waals surface area contributed by atoms with Gasteiger partial charge in [0.15, 0.2) is 0 Å². The first-order valence-corrected chi connectivity index (χ1v) is 7.86. The van der Waals surface area contributed by atoms with Gasteiger partial charge < -0.3 is 14.6 Å². The molecule has 1 amide bonds. The van der Waals surface area contributed by atoms with Gasteiger partial charge in [-0.25, -0.2) is 4.79 Å². The lowest BCUT2D eigenvalue weighted by molar-refractivity contribution is -0.115. The van der Waals surface area contributed by atoms with Crippen LogP contribution in [0.1, 0.15) is 15.9 Å². The first-order chi connectivity index (χ1) is 12.2. The van der Waals surface area contributed by atoms with E-state index in [0.29, 0.717) is 11.3 Å². The fraction of sp³-hybridized carbons (Fsp3) is 0.100. The summed E-state index contributed by atoms with van der Waals surface area (Å²) < 4.78 is 6.65. The molecular formula is C20H18N2O3. The summed E-state index contributed by atoms with van der Waals surface area (Å²) in [7, 11) is 1.33. The molecule has 0 saturated heterocycles. The number of hydrogen-bond donors (Lipinski definition) is 1. The summed E-state index contributed by atoms with van der Waals surface area (Å²) in [5.74, 6) is -0.514. The highest BCUT2D eigenvalue weighted by Gasteiger charge is 2.07. The lowest BCUT2D eigenvalue weighted by atomic mass is 10.1. The number of amides is 1. The Hall–Kier alpha value is -3.34. The van der Waals surface area contributed by atoms with Gasteiger partial charge in [-0.15, -0.1) is 0 Å². The monoisotopic (exact) mass is 334 g/mol. The predicted molar refractivity (Wildman–Crippen MR) is 95.9 cm³/mol. The SMILES string of the molecule is COC(=O)c1ccc(NC(=O)Cc2ccc(-n3cccc3)cc2)cc1. The molecule has 5 heteroatoms. The number of anilines is 1. The highest BCUT2D eigenvalue weighted by atomic mass is 16.5. The lowest BCUT2D eigenvalue weighted by Crippen LogP contribution is -2.14. The van der Waals surface area contributed by atoms with Gasteiger partial charge in [0.1, 0.15) is 0 Å². The molecule has 3 aromatic rings. The van der Waals surface area contributed by atoms with E-state index in [1.54, 1.807) is 24.3 Å². The van der Waals surface area contributed by atoms with Gasteiger partial charge in [-0.2, -0.15) is 0 Å². The van der Waals surface area contributed by atoms with Crippen molar-refractivity contribution < 1.29 is 14.3 Å². The third kappa shape index (κ3) is 4.14. The van der Waals surface area contributed by atoms with E-state index >= 15 is 0 Å². The summed E-state index contributed by atoms with van der Waals surface area (Å²) in [6.45, 7) is 0. The number of hydrogen-bond acceptors (Lipinski definition) is 3. The maximum Gasteiger partial charge on any atom is 0.337 e. The number of benzene rings is 2. The van der Waals surface area contributed by atoms with Crippen molar-refractivity contribution in [2.45, 2.75) is 6.42 Å². The number of rotatable bonds is 5. The number of methoxy groups -OCH3 is 1. The van der Waals surface area contributed by atoms with Crippen LogP contribution in [0.2, 0.25) is 0 Å². The molecule has 0 fully saturated rings. The Kier molecular flexibility index (Phi) is 4.95. The molecule has 3 rings (SSSR count). The number of ether oxygens (including phenoxy) is 1. The Bertz CT molecular complexity index is 851. The number of carbonyl (C=O) groups excluding carboxylic acids is 2. The predicted octanol–water partition coefficient (Wildman–Crippen LogP) is 3.45. The minimum Gasteiger partial charge on any atom is -0.465 e. The van der Waals surface area contributed by atoms with Crippen LogP contribution in [0.3, 0.4) is 0 Å². The second kappa shape index (κ2) is 7.49. The fourth-order valence-electron chi connectivity index (χ4n) is 2.49. The first-order valence-electron chi connectivity index (χ1n) is 7.86. The van der Waals surface area contributed by atoms with Crippen LogP contribution < -0.4 is 5.32 Å². The Morgan fingerprint density at radius 3 is 2.20 bits per heavy atom. The van der Waals surface area contributed by atoms with Crippen LogP contribution >= 0.6 is 0 Å². The van der Waals surface area contributed by atoms with E-state index in [-0.39, 0.29) is 12.3 Å². The lowest BCUT2D eigenvalue weighted by Gasteiger charge is -2.07. The maximum absolute atomic E-state index is 12.2. The number of aromatic nitrogens is 1. The van der Waals surface area contributed by atoms with Crippen LogP contribution in [0, 0.1) is 0 Å². The highest BCUT2D eigenvalue weighted by Crippen LogP contribution is 2.13. The summed E-state index contributed by atoms with van der Waals surface area (Å²) >= 11 is 0. The molecule has 0 spiro atoms. The molecule has 0 aliphatic heterocycles. The molecule has 1 heterocycles. The van der Waals surface area contributed by atoms with Crippen molar-refractivity contribution >= 4 is 17.6 Å². The van der Waals surface area contributed by atoms with Crippen molar-refractivity contribution in [3.05, 3.63) is 84.2 Å². The summed E-state index contributed by atoms with van der Waals surface area (Å²) in [5.41, 5.74) is 3.06. The number of carbonyl (C=O) groups is 2. The van der Waals surface area contributed by atoms with E-state index in [1.807, 2.05) is 53.4 Å². The minimum absolute atomic E-state index is 0.112. The number of nitrogens with zero attached hydrogens (tertiary/aromatic N) is 1. The topological polar surface area (TPSA) is 60.3 Å². The van der Waals surface area contributed by atoms with Gasteiger partial charge in [-0.3, -0.25) is 4.79 Å². The molecule has 2 aromatic carbocycles. The zero-order valence-corrected chi connectivity index (χ0v) is 13.8. The molecule has 0 aliphatic rings. The van der Waals surface area contributed by atoms with E-state index in [1.165, 1.54) is 7.11 Å². The standard InChI is InChI=1S/C20H18N2O3/c1-25-20(24)16-6-8-17(9-7-16)21-19(23)14-15-4-10-18(11-5-15)22-12-2-3-13-22/h2-13H,14H2,1H3,(H,21,23). The minimum atomic E-state index is -0.402. The Morgan fingerprint density at radius 1 is 0.960 bits per heavy atom. The molecular weight excluding hydrogens is 316 g/mol. The van der Waals surface area contributed by atoms with Crippen molar-refractivity contribution in [3.63, 3.8) is 0 Å². The van der Waals surface area contributed by atoms with Crippen LogP contribution in [-0.4, -0.2) is 23.6 Å². The van der Waals surface area contributed by atoms with Crippen LogP contribution in [0.4, 0.5) is 5.69 Å². The highest BCUT2D eigenvalue weighted by molar-refractivity contribution is 5.94. The average molecular weight is 334 g/mol. The molecule has 1 N–H and O–H groups in total. The Balaban J connectivity index is 1.59. The van der Waals surface area contributed by atoms with Crippen molar-refractivity contribution in [1.29, 1.82) is 0 Å². The molecule has 0 unspecified atom stereocenters. The quantitative estimate of drug-likeness (QED) is 0.727. The third-order valence-electron chi connectivity index (χ3n) is 3.79. The fourth-order valence-corrected chi connectivity index (χ4v) is 2.49. The van der Waals surface area contributed by atoms with Gasteiger partial charge in [0.05, 0.1) is 19.1 Å². The van der Waals surface area contributed by atoms with E-state index < -0.39 is 5.97 Å². The summed E-state index contributed by atoms with van der Waals surface area (Å²) in [4.78, 5) is 23.6. The maximum atomic E-state index is 12.2. The number of esters is 1. The third-order valence-corrected chi connectivity index (χ3v) is 3.79. The number of nitrogens with one attached hydrogen (secondary N) is 1. The summed E-state index contributed by atoms with van der Waals surface area (Å²) in [5, 5.41) is 2.82. The van der Waals surface area contributed by atoms with Crippen molar-refractivity contribution in [2.24, 2.45) is 0 Å². The summed E-state index contributed by atoms with van der Waals surface area (Å²) in [6.07, 6.45) is 4.23. The van der Waals surface area contributed by atoms with Crippen molar-refractivity contribution in [3.8, 4) is 5.69 Å². The molecule has 1 aromatic heterocycles. The molecule has 0 aliphatic carbocycles. The van der Waals surface area contributed by atoms with Gasteiger partial charge in [0.2, 0.25) is 5.91 Å². The van der Waals surface area contributed by atoms with Gasteiger partial charge in [-0.1, -0.05) is 12.1 Å². The van der Waals surface area contributed by atoms with E-state index in [9.17, 15) is 9.59 Å². The molecule has 126 valence electrons. The second-order valence-corrected chi connectivity index (χ2v) is 5.55. The largest absolute Gasteiger partial charge is 0.465 e. The normalized spacial score (nSPS) is 10.3. The van der Waals surface area contributed by atoms with E-state index in [4.69, 9.17) is 0 Å². The van der Waals surface area contributed by atoms with E-state index in [0.717, 1.165) is 11.3 Å². The zero-order valence-electron chi connectivity index (χ0n) is 13.8. The van der Waals surface area contributed by atoms with Crippen molar-refractivity contribution in [1.82, 2.24) is 4.57 Å². The molecule has 0 bridgehead atoms. The molecule has 5 nitrogen and oxygen atoms in total. The Morgan fingerprint density at radius 2 is 1.60 bits per heavy atom. The summed E-state index contributed by atoms with van der Waals surface area (Å²) in [6, 6.07) is 18.4. The second-order valence-electron chi connectivity index (χ2n) is 5.55. The van der Waals surface area contributed by atoms with E-state index in [2.05, 4.69) is 10.1 Å². The molecule has 0 atom stereocenters. The first kappa shape index (κ1) is 16.5. The smallest absolute Gasteiger partial charge is 0.337 e. The zero-order chi connectivity index (χ0) is 17.6. The average Bonchev–Trinajstić information content (AvgIpc) is 3.17. The van der Waals surface area contributed by atoms with Gasteiger partial charge in [0.25, 0.3) is 0 Å². The van der Waals surface area contributed by atoms with Gasteiger partial charge >= 0.3 is 5.97 Å². The molecule has 0 saturated carbocycles. The van der Waals surface area contributed by atoms with Gasteiger partial charge in [0, 0.05) is 23.8 Å². The van der Waals surface area contributed by atoms with Crippen LogP contribution in [0.5, 0.6) is 0 Å². The van der Waals surface area contributed by atoms with Crippen LogP contribution in [0.25, 0.3) is 5.69 Å². The van der Waals surface area contributed by atoms with Crippen LogP contribution in [-0.2, 0) is 16.0 Å².